The number of amides is 1. The van der Waals surface area contributed by atoms with Gasteiger partial charge in [-0.3, -0.25) is 9.78 Å². The summed E-state index contributed by atoms with van der Waals surface area (Å²) in [6.07, 6.45) is 5.64. The largest absolute Gasteiger partial charge is 0.359 e. The number of aromatic nitrogens is 2. The van der Waals surface area contributed by atoms with Crippen molar-refractivity contribution in [3.8, 4) is 0 Å². The molecule has 0 saturated carbocycles. The predicted octanol–water partition coefficient (Wildman–Crippen LogP) is 3.55. The molecule has 1 aliphatic rings. The highest BCUT2D eigenvalue weighted by Gasteiger charge is 2.26. The Balaban J connectivity index is 1.31. The first-order valence-electron chi connectivity index (χ1n) is 9.64. The summed E-state index contributed by atoms with van der Waals surface area (Å²) in [5.74, 6) is 0.736. The Morgan fingerprint density at radius 1 is 1.19 bits per heavy atom. The average Bonchev–Trinajstić information content (AvgIpc) is 3.13. The molecule has 5 heteroatoms. The number of nitrogens with one attached hydrogen (secondary N) is 1. The maximum Gasteiger partial charge on any atom is 0.257 e. The second-order valence-electron chi connectivity index (χ2n) is 7.52. The van der Waals surface area contributed by atoms with Crippen LogP contribution in [0.3, 0.4) is 0 Å². The molecular weight excluding hydrogens is 336 g/mol. The molecule has 1 fully saturated rings. The van der Waals surface area contributed by atoms with Crippen LogP contribution in [0.4, 0.5) is 0 Å². The number of rotatable bonds is 5. The highest BCUT2D eigenvalue weighted by molar-refractivity contribution is 6.05. The van der Waals surface area contributed by atoms with Gasteiger partial charge >= 0.3 is 0 Å². The van der Waals surface area contributed by atoms with E-state index in [4.69, 9.17) is 0 Å². The van der Waals surface area contributed by atoms with Crippen molar-refractivity contribution >= 4 is 16.9 Å². The van der Waals surface area contributed by atoms with Crippen LogP contribution in [0, 0.1) is 5.92 Å². The molecule has 5 nitrogen and oxygen atoms in total. The zero-order chi connectivity index (χ0) is 18.6. The molecule has 0 radical (unpaired) electrons. The summed E-state index contributed by atoms with van der Waals surface area (Å²) in [7, 11) is 2.18. The fourth-order valence-electron chi connectivity index (χ4n) is 4.01. The van der Waals surface area contributed by atoms with E-state index in [0.717, 1.165) is 50.1 Å². The molecule has 1 aliphatic heterocycles. The molecular formula is C22H26N4O. The molecule has 4 rings (SSSR count). The van der Waals surface area contributed by atoms with E-state index < -0.39 is 0 Å². The minimum Gasteiger partial charge on any atom is -0.359 e. The number of carbonyl (C=O) groups excluding carboxylic acids is 1. The van der Waals surface area contributed by atoms with E-state index in [0.29, 0.717) is 11.5 Å². The summed E-state index contributed by atoms with van der Waals surface area (Å²) < 4.78 is 0. The lowest BCUT2D eigenvalue weighted by Gasteiger charge is -2.34. The fourth-order valence-corrected chi connectivity index (χ4v) is 4.01. The van der Waals surface area contributed by atoms with Crippen LogP contribution in [0.5, 0.6) is 0 Å². The molecule has 0 unspecified atom stereocenters. The van der Waals surface area contributed by atoms with Crippen molar-refractivity contribution in [1.82, 2.24) is 19.8 Å². The minimum absolute atomic E-state index is 0.0936. The van der Waals surface area contributed by atoms with Gasteiger partial charge in [0.25, 0.3) is 5.91 Å². The number of hydrogen-bond acceptors (Lipinski definition) is 3. The van der Waals surface area contributed by atoms with Crippen LogP contribution in [0.25, 0.3) is 11.0 Å². The molecule has 0 atom stereocenters. The van der Waals surface area contributed by atoms with Crippen molar-refractivity contribution in [1.29, 1.82) is 0 Å². The third-order valence-corrected chi connectivity index (χ3v) is 5.43. The van der Waals surface area contributed by atoms with Gasteiger partial charge in [0.05, 0.1) is 11.1 Å². The van der Waals surface area contributed by atoms with Gasteiger partial charge in [-0.1, -0.05) is 30.3 Å². The summed E-state index contributed by atoms with van der Waals surface area (Å²) in [5.41, 5.74) is 3.72. The number of hydrogen-bond donors (Lipinski definition) is 1. The van der Waals surface area contributed by atoms with Crippen LogP contribution in [0.2, 0.25) is 0 Å². The van der Waals surface area contributed by atoms with Crippen molar-refractivity contribution < 1.29 is 4.79 Å². The van der Waals surface area contributed by atoms with E-state index in [-0.39, 0.29) is 5.91 Å². The predicted molar refractivity (Wildman–Crippen MR) is 107 cm³/mol. The first kappa shape index (κ1) is 17.7. The highest BCUT2D eigenvalue weighted by atomic mass is 16.2. The monoisotopic (exact) mass is 362 g/mol. The Kier molecular flexibility index (Phi) is 5.21. The van der Waals surface area contributed by atoms with Crippen molar-refractivity contribution in [2.75, 3.05) is 26.7 Å². The van der Waals surface area contributed by atoms with E-state index in [1.54, 1.807) is 12.4 Å². The van der Waals surface area contributed by atoms with Crippen molar-refractivity contribution in [3.63, 3.8) is 0 Å². The smallest absolute Gasteiger partial charge is 0.257 e. The van der Waals surface area contributed by atoms with E-state index in [1.807, 2.05) is 17.0 Å². The average molecular weight is 362 g/mol. The third-order valence-electron chi connectivity index (χ3n) is 5.43. The summed E-state index contributed by atoms with van der Waals surface area (Å²) in [6, 6.07) is 14.4. The van der Waals surface area contributed by atoms with Crippen LogP contribution >= 0.6 is 0 Å². The number of carbonyl (C=O) groups is 1. The van der Waals surface area contributed by atoms with Crippen molar-refractivity contribution in [2.24, 2.45) is 5.92 Å². The number of benzene rings is 1. The zero-order valence-electron chi connectivity index (χ0n) is 15.8. The molecule has 1 N–H and O–H groups in total. The quantitative estimate of drug-likeness (QED) is 0.755. The molecule has 2 aromatic heterocycles. The molecule has 0 aliphatic carbocycles. The lowest BCUT2D eigenvalue weighted by molar-refractivity contribution is 0.0674. The second kappa shape index (κ2) is 7.92. The van der Waals surface area contributed by atoms with Crippen LogP contribution in [0.15, 0.2) is 54.9 Å². The summed E-state index contributed by atoms with van der Waals surface area (Å²) in [6.45, 7) is 3.69. The maximum atomic E-state index is 12.9. The first-order chi connectivity index (χ1) is 13.2. The number of pyridine rings is 1. The number of likely N-dealkylation sites (tertiary alicyclic amines) is 1. The minimum atomic E-state index is 0.0936. The Morgan fingerprint density at radius 2 is 1.96 bits per heavy atom. The van der Waals surface area contributed by atoms with E-state index in [1.165, 1.54) is 5.56 Å². The van der Waals surface area contributed by atoms with Gasteiger partial charge in [0, 0.05) is 38.6 Å². The Morgan fingerprint density at radius 3 is 2.74 bits per heavy atom. The van der Waals surface area contributed by atoms with E-state index in [2.05, 4.69) is 52.2 Å². The number of piperidine rings is 1. The van der Waals surface area contributed by atoms with Crippen LogP contribution in [0.1, 0.15) is 28.8 Å². The highest BCUT2D eigenvalue weighted by Crippen LogP contribution is 2.23. The normalized spacial score (nSPS) is 15.6. The van der Waals surface area contributed by atoms with Gasteiger partial charge in [0.15, 0.2) is 0 Å². The van der Waals surface area contributed by atoms with Crippen LogP contribution < -0.4 is 0 Å². The standard InChI is InChI=1S/C22H26N4O/c1-25(15-17-6-3-2-4-7-17)16-18-9-12-26(13-10-18)22(27)19-14-24-20-8-5-11-23-21(19)20/h2-8,11,14,18,24H,9-10,12-13,15-16H2,1H3. The Labute approximate surface area is 160 Å². The molecule has 3 aromatic rings. The molecule has 0 spiro atoms. The van der Waals surface area contributed by atoms with Crippen LogP contribution in [-0.2, 0) is 6.54 Å². The van der Waals surface area contributed by atoms with Gasteiger partial charge in [-0.2, -0.15) is 0 Å². The lowest BCUT2D eigenvalue weighted by atomic mass is 9.95. The fraction of sp³-hybridized carbons (Fsp3) is 0.364. The number of fused-ring (bicyclic) bond motifs is 1. The summed E-state index contributed by atoms with van der Waals surface area (Å²) in [5, 5.41) is 0. The van der Waals surface area contributed by atoms with Gasteiger partial charge in [0.2, 0.25) is 0 Å². The molecule has 3 heterocycles. The molecule has 27 heavy (non-hydrogen) atoms. The second-order valence-corrected chi connectivity index (χ2v) is 7.52. The van der Waals surface area contributed by atoms with Gasteiger partial charge in [-0.05, 0) is 43.5 Å². The van der Waals surface area contributed by atoms with Gasteiger partial charge in [-0.15, -0.1) is 0 Å². The molecule has 0 bridgehead atoms. The summed E-state index contributed by atoms with van der Waals surface area (Å²) >= 11 is 0. The zero-order valence-corrected chi connectivity index (χ0v) is 15.8. The Bertz CT molecular complexity index is 897. The summed E-state index contributed by atoms with van der Waals surface area (Å²) in [4.78, 5) is 24.8. The van der Waals surface area contributed by atoms with Crippen molar-refractivity contribution in [3.05, 3.63) is 66.0 Å². The number of nitrogens with zero attached hydrogens (tertiary/aromatic N) is 3. The lowest BCUT2D eigenvalue weighted by Crippen LogP contribution is -2.41. The molecule has 1 saturated heterocycles. The molecule has 1 aromatic carbocycles. The number of aromatic amines is 1. The number of H-pyrrole nitrogens is 1. The van der Waals surface area contributed by atoms with E-state index in [9.17, 15) is 4.79 Å². The topological polar surface area (TPSA) is 52.2 Å². The molecule has 1 amide bonds. The Hall–Kier alpha value is -2.66. The van der Waals surface area contributed by atoms with Gasteiger partial charge in [0.1, 0.15) is 5.52 Å². The maximum absolute atomic E-state index is 12.9. The van der Waals surface area contributed by atoms with Gasteiger partial charge in [-0.25, -0.2) is 0 Å². The van der Waals surface area contributed by atoms with Gasteiger partial charge < -0.3 is 14.8 Å². The molecule has 140 valence electrons. The van der Waals surface area contributed by atoms with Crippen LogP contribution in [-0.4, -0.2) is 52.4 Å². The van der Waals surface area contributed by atoms with E-state index >= 15 is 0 Å². The third kappa shape index (κ3) is 4.03. The van der Waals surface area contributed by atoms with Crippen molar-refractivity contribution in [2.45, 2.75) is 19.4 Å². The SMILES string of the molecule is CN(Cc1ccccc1)CC1CCN(C(=O)c2c[nH]c3cccnc23)CC1. The first-order valence-corrected chi connectivity index (χ1v) is 9.64.